The molecule has 8 heteroatoms. The summed E-state index contributed by atoms with van der Waals surface area (Å²) >= 11 is 3.12. The number of nitrogens with one attached hydrogen (secondary N) is 2. The maximum Gasteiger partial charge on any atom is 0.321 e. The van der Waals surface area contributed by atoms with Gasteiger partial charge in [0.05, 0.1) is 5.25 Å². The number of fused-ring (bicyclic) bond motifs is 3. The van der Waals surface area contributed by atoms with Gasteiger partial charge < -0.3 is 5.32 Å². The molecular weight excluding hydrogens is 356 g/mol. The molecule has 2 aromatic heterocycles. The molecule has 0 saturated heterocycles. The van der Waals surface area contributed by atoms with Gasteiger partial charge in [-0.1, -0.05) is 11.8 Å². The van der Waals surface area contributed by atoms with Crippen LogP contribution in [0.2, 0.25) is 0 Å². The number of thiophene rings is 1. The first-order valence-corrected chi connectivity index (χ1v) is 10.2. The fourth-order valence-corrected chi connectivity index (χ4v) is 5.12. The lowest BCUT2D eigenvalue weighted by molar-refractivity contribution is -0.119. The smallest absolute Gasteiger partial charge is 0.321 e. The van der Waals surface area contributed by atoms with Crippen LogP contribution < -0.4 is 10.6 Å². The van der Waals surface area contributed by atoms with Crippen LogP contribution in [0.4, 0.5) is 4.79 Å². The molecule has 0 aliphatic heterocycles. The standard InChI is InChI=1S/C17H22N4O2S2/c1-9(2)20-17(23)21-14(22)10(3)24-15-13-11-6-4-5-7-12(11)25-16(13)19-8-18-15/h8-10H,4-7H2,1-3H3,(H2,20,21,22,23)/t10-/m1/s1. The van der Waals surface area contributed by atoms with Gasteiger partial charge >= 0.3 is 6.03 Å². The van der Waals surface area contributed by atoms with E-state index in [4.69, 9.17) is 0 Å². The number of rotatable bonds is 4. The van der Waals surface area contributed by atoms with Gasteiger partial charge in [0, 0.05) is 16.3 Å². The first-order valence-electron chi connectivity index (χ1n) is 8.49. The second kappa shape index (κ2) is 7.70. The second-order valence-electron chi connectivity index (χ2n) is 6.45. The summed E-state index contributed by atoms with van der Waals surface area (Å²) in [6, 6.07) is -0.484. The van der Waals surface area contributed by atoms with Gasteiger partial charge in [0.2, 0.25) is 5.91 Å². The van der Waals surface area contributed by atoms with Gasteiger partial charge in [0.25, 0.3) is 0 Å². The van der Waals surface area contributed by atoms with Crippen LogP contribution in [0.5, 0.6) is 0 Å². The summed E-state index contributed by atoms with van der Waals surface area (Å²) in [6.45, 7) is 5.48. The molecule has 3 rings (SSSR count). The molecule has 1 aliphatic carbocycles. The zero-order valence-corrected chi connectivity index (χ0v) is 16.2. The average Bonchev–Trinajstić information content (AvgIpc) is 2.93. The molecule has 0 radical (unpaired) electrons. The third kappa shape index (κ3) is 4.12. The number of aromatic nitrogens is 2. The van der Waals surface area contributed by atoms with Crippen molar-refractivity contribution in [2.45, 2.75) is 62.8 Å². The summed E-state index contributed by atoms with van der Waals surface area (Å²) in [7, 11) is 0. The van der Waals surface area contributed by atoms with E-state index in [2.05, 4.69) is 20.6 Å². The number of hydrogen-bond donors (Lipinski definition) is 2. The lowest BCUT2D eigenvalue weighted by atomic mass is 9.97. The van der Waals surface area contributed by atoms with E-state index < -0.39 is 11.3 Å². The zero-order chi connectivity index (χ0) is 18.0. The van der Waals surface area contributed by atoms with Crippen molar-refractivity contribution < 1.29 is 9.59 Å². The van der Waals surface area contributed by atoms with E-state index in [1.54, 1.807) is 24.6 Å². The Morgan fingerprint density at radius 3 is 2.72 bits per heavy atom. The average molecular weight is 379 g/mol. The highest BCUT2D eigenvalue weighted by Crippen LogP contribution is 2.40. The number of carbonyl (C=O) groups excluding carboxylic acids is 2. The van der Waals surface area contributed by atoms with Crippen molar-refractivity contribution in [1.29, 1.82) is 0 Å². The molecule has 2 aromatic rings. The van der Waals surface area contributed by atoms with Crippen molar-refractivity contribution in [3.63, 3.8) is 0 Å². The molecule has 0 unspecified atom stereocenters. The third-order valence-corrected chi connectivity index (χ3v) is 6.33. The number of amides is 3. The molecular formula is C17H22N4O2S2. The number of aryl methyl sites for hydroxylation is 2. The summed E-state index contributed by atoms with van der Waals surface area (Å²) in [5.41, 5.74) is 1.35. The Hall–Kier alpha value is -1.67. The largest absolute Gasteiger partial charge is 0.336 e. The van der Waals surface area contributed by atoms with Crippen molar-refractivity contribution in [2.75, 3.05) is 0 Å². The Morgan fingerprint density at radius 1 is 1.20 bits per heavy atom. The van der Waals surface area contributed by atoms with E-state index in [0.29, 0.717) is 0 Å². The summed E-state index contributed by atoms with van der Waals surface area (Å²) in [4.78, 5) is 35.2. The minimum atomic E-state index is -0.465. The third-order valence-electron chi connectivity index (χ3n) is 4.03. The normalized spacial score (nSPS) is 15.0. The van der Waals surface area contributed by atoms with Gasteiger partial charge in [-0.05, 0) is 52.0 Å². The van der Waals surface area contributed by atoms with Gasteiger partial charge in [-0.15, -0.1) is 11.3 Å². The molecule has 25 heavy (non-hydrogen) atoms. The monoisotopic (exact) mass is 378 g/mol. The molecule has 1 aliphatic rings. The molecule has 0 spiro atoms. The number of carbonyl (C=O) groups is 2. The molecule has 0 bridgehead atoms. The lowest BCUT2D eigenvalue weighted by Crippen LogP contribution is -2.45. The lowest BCUT2D eigenvalue weighted by Gasteiger charge is -2.14. The van der Waals surface area contributed by atoms with E-state index >= 15 is 0 Å². The van der Waals surface area contributed by atoms with Crippen LogP contribution in [0.25, 0.3) is 10.2 Å². The number of imide groups is 1. The Morgan fingerprint density at radius 2 is 1.96 bits per heavy atom. The molecule has 0 aromatic carbocycles. The van der Waals surface area contributed by atoms with Crippen LogP contribution in [-0.4, -0.2) is 33.2 Å². The van der Waals surface area contributed by atoms with Crippen LogP contribution >= 0.6 is 23.1 Å². The second-order valence-corrected chi connectivity index (χ2v) is 8.86. The van der Waals surface area contributed by atoms with E-state index in [0.717, 1.165) is 28.1 Å². The first kappa shape index (κ1) is 18.1. The van der Waals surface area contributed by atoms with E-state index in [1.165, 1.54) is 35.0 Å². The molecule has 134 valence electrons. The highest BCUT2D eigenvalue weighted by Gasteiger charge is 2.23. The van der Waals surface area contributed by atoms with Gasteiger partial charge in [-0.25, -0.2) is 14.8 Å². The maximum absolute atomic E-state index is 12.3. The van der Waals surface area contributed by atoms with Crippen LogP contribution in [0.3, 0.4) is 0 Å². The summed E-state index contributed by atoms with van der Waals surface area (Å²) in [6.07, 6.45) is 6.12. The van der Waals surface area contributed by atoms with Crippen molar-refractivity contribution in [3.05, 3.63) is 16.8 Å². The molecule has 2 N–H and O–H groups in total. The molecule has 1 atom stereocenters. The van der Waals surface area contributed by atoms with Gasteiger partial charge in [-0.2, -0.15) is 0 Å². The number of urea groups is 1. The fraction of sp³-hybridized carbons (Fsp3) is 0.529. The number of hydrogen-bond acceptors (Lipinski definition) is 6. The Kier molecular flexibility index (Phi) is 5.58. The van der Waals surface area contributed by atoms with Gasteiger partial charge in [0.15, 0.2) is 0 Å². The predicted octanol–water partition coefficient (Wildman–Crippen LogP) is 3.28. The van der Waals surface area contributed by atoms with Crippen molar-refractivity contribution in [1.82, 2.24) is 20.6 Å². The predicted molar refractivity (Wildman–Crippen MR) is 101 cm³/mol. The molecule has 3 amide bonds. The first-order chi connectivity index (χ1) is 12.0. The highest BCUT2D eigenvalue weighted by atomic mass is 32.2. The van der Waals surface area contributed by atoms with Gasteiger partial charge in [-0.3, -0.25) is 10.1 Å². The minimum Gasteiger partial charge on any atom is -0.336 e. The minimum absolute atomic E-state index is 0.0189. The summed E-state index contributed by atoms with van der Waals surface area (Å²) in [5, 5.41) is 6.54. The Labute approximate surface area is 155 Å². The summed E-state index contributed by atoms with van der Waals surface area (Å²) < 4.78 is 0. The quantitative estimate of drug-likeness (QED) is 0.630. The molecule has 0 fully saturated rings. The number of thioether (sulfide) groups is 1. The Balaban J connectivity index is 1.77. The molecule has 0 saturated carbocycles. The van der Waals surface area contributed by atoms with Crippen LogP contribution in [0.1, 0.15) is 44.1 Å². The van der Waals surface area contributed by atoms with Crippen molar-refractivity contribution in [2.24, 2.45) is 0 Å². The van der Waals surface area contributed by atoms with E-state index in [9.17, 15) is 9.59 Å². The molecule has 2 heterocycles. The SMILES string of the molecule is CC(C)NC(=O)NC(=O)[C@@H](C)Sc1ncnc2sc3c(c12)CCCC3. The highest BCUT2D eigenvalue weighted by molar-refractivity contribution is 8.00. The fourth-order valence-electron chi connectivity index (χ4n) is 2.88. The zero-order valence-electron chi connectivity index (χ0n) is 14.6. The van der Waals surface area contributed by atoms with Gasteiger partial charge in [0.1, 0.15) is 16.2 Å². The van der Waals surface area contributed by atoms with E-state index in [1.807, 2.05) is 13.8 Å². The van der Waals surface area contributed by atoms with Crippen molar-refractivity contribution >= 4 is 45.3 Å². The Bertz CT molecular complexity index is 803. The van der Waals surface area contributed by atoms with Crippen LogP contribution in [-0.2, 0) is 17.6 Å². The van der Waals surface area contributed by atoms with Crippen molar-refractivity contribution in [3.8, 4) is 0 Å². The van der Waals surface area contributed by atoms with Crippen LogP contribution in [0, 0.1) is 0 Å². The summed E-state index contributed by atoms with van der Waals surface area (Å²) in [5.74, 6) is -0.320. The topological polar surface area (TPSA) is 84.0 Å². The van der Waals surface area contributed by atoms with E-state index in [-0.39, 0.29) is 11.9 Å². The maximum atomic E-state index is 12.3. The molecule has 6 nitrogen and oxygen atoms in total. The number of nitrogens with zero attached hydrogens (tertiary/aromatic N) is 2. The van der Waals surface area contributed by atoms with Crippen LogP contribution in [0.15, 0.2) is 11.4 Å².